The highest BCUT2D eigenvalue weighted by Crippen LogP contribution is 2.40. The zero-order chi connectivity index (χ0) is 23.2. The van der Waals surface area contributed by atoms with Crippen molar-refractivity contribution in [1.29, 1.82) is 0 Å². The molecule has 3 aromatic rings. The van der Waals surface area contributed by atoms with E-state index in [1.807, 2.05) is 41.1 Å². The number of nitrogens with zero attached hydrogens (tertiary/aromatic N) is 5. The van der Waals surface area contributed by atoms with Crippen LogP contribution in [0.4, 0.5) is 0 Å². The number of carbonyl (C=O) groups is 1. The summed E-state index contributed by atoms with van der Waals surface area (Å²) in [5.41, 5.74) is 3.10. The molecule has 1 saturated carbocycles. The van der Waals surface area contributed by atoms with E-state index in [9.17, 15) is 13.2 Å². The average molecular weight is 468 g/mol. The quantitative estimate of drug-likeness (QED) is 0.556. The van der Waals surface area contributed by atoms with E-state index in [0.717, 1.165) is 35.1 Å². The summed E-state index contributed by atoms with van der Waals surface area (Å²) < 4.78 is 29.1. The van der Waals surface area contributed by atoms with Crippen LogP contribution in [0, 0.1) is 0 Å². The van der Waals surface area contributed by atoms with E-state index in [4.69, 9.17) is 4.98 Å². The third kappa shape index (κ3) is 4.39. The Bertz CT molecular complexity index is 1270. The summed E-state index contributed by atoms with van der Waals surface area (Å²) in [6.45, 7) is 5.44. The first-order chi connectivity index (χ1) is 15.8. The highest BCUT2D eigenvalue weighted by Gasteiger charge is 2.32. The monoisotopic (exact) mass is 467 g/mol. The molecule has 3 heterocycles. The van der Waals surface area contributed by atoms with Crippen LogP contribution < -0.4 is 0 Å². The van der Waals surface area contributed by atoms with Gasteiger partial charge in [-0.25, -0.2) is 18.1 Å². The summed E-state index contributed by atoms with van der Waals surface area (Å²) in [7, 11) is -3.43. The molecule has 1 amide bonds. The Labute approximate surface area is 194 Å². The molecule has 1 aliphatic carbocycles. The van der Waals surface area contributed by atoms with Crippen LogP contribution in [0.3, 0.4) is 0 Å². The minimum Gasteiger partial charge on any atom is -0.336 e. The Morgan fingerprint density at radius 2 is 1.79 bits per heavy atom. The first-order valence-electron chi connectivity index (χ1n) is 11.5. The van der Waals surface area contributed by atoms with Crippen LogP contribution in [0.25, 0.3) is 11.0 Å². The third-order valence-electron chi connectivity index (χ3n) is 6.41. The van der Waals surface area contributed by atoms with Gasteiger partial charge in [0.05, 0.1) is 22.9 Å². The lowest BCUT2D eigenvalue weighted by molar-refractivity contribution is 0.0699. The standard InChI is InChI=1S/C24H29N5O3S/c1-17(2)29-23-21(15-25-29)20(14-22(26-23)19-8-9-19)24(30)27-10-12-28(13-11-27)33(31,32)16-18-6-4-3-5-7-18/h3-7,14-15,17,19H,8-13,16H2,1-2H3. The summed E-state index contributed by atoms with van der Waals surface area (Å²) in [6, 6.07) is 11.3. The molecule has 1 aromatic carbocycles. The molecule has 0 unspecified atom stereocenters. The second-order valence-corrected chi connectivity index (χ2v) is 11.2. The maximum Gasteiger partial charge on any atom is 0.254 e. The Kier molecular flexibility index (Phi) is 5.70. The summed E-state index contributed by atoms with van der Waals surface area (Å²) in [6.07, 6.45) is 3.92. The van der Waals surface area contributed by atoms with Gasteiger partial charge in [0, 0.05) is 43.8 Å². The van der Waals surface area contributed by atoms with E-state index >= 15 is 0 Å². The largest absolute Gasteiger partial charge is 0.336 e. The van der Waals surface area contributed by atoms with Crippen LogP contribution in [0.2, 0.25) is 0 Å². The van der Waals surface area contributed by atoms with Crippen molar-refractivity contribution in [3.05, 3.63) is 59.4 Å². The summed E-state index contributed by atoms with van der Waals surface area (Å²) >= 11 is 0. The maximum absolute atomic E-state index is 13.5. The van der Waals surface area contributed by atoms with E-state index in [1.165, 1.54) is 4.31 Å². The number of hydrogen-bond donors (Lipinski definition) is 0. The smallest absolute Gasteiger partial charge is 0.254 e. The number of sulfonamides is 1. The second-order valence-electron chi connectivity index (χ2n) is 9.22. The highest BCUT2D eigenvalue weighted by molar-refractivity contribution is 7.88. The lowest BCUT2D eigenvalue weighted by atomic mass is 10.1. The van der Waals surface area contributed by atoms with E-state index < -0.39 is 10.0 Å². The number of pyridine rings is 1. The molecule has 0 atom stereocenters. The summed E-state index contributed by atoms with van der Waals surface area (Å²) in [5.74, 6) is 0.315. The molecule has 1 saturated heterocycles. The van der Waals surface area contributed by atoms with Gasteiger partial charge in [0.25, 0.3) is 5.91 Å². The molecule has 0 radical (unpaired) electrons. The number of benzene rings is 1. The number of hydrogen-bond acceptors (Lipinski definition) is 5. The lowest BCUT2D eigenvalue weighted by Crippen LogP contribution is -2.50. The molecule has 33 heavy (non-hydrogen) atoms. The number of fused-ring (bicyclic) bond motifs is 1. The number of rotatable bonds is 6. The van der Waals surface area contributed by atoms with Crippen LogP contribution in [0.1, 0.15) is 60.3 Å². The van der Waals surface area contributed by atoms with Gasteiger partial charge in [-0.3, -0.25) is 4.79 Å². The van der Waals surface area contributed by atoms with Crippen LogP contribution in [0.15, 0.2) is 42.6 Å². The molecule has 0 N–H and O–H groups in total. The van der Waals surface area contributed by atoms with Crippen molar-refractivity contribution < 1.29 is 13.2 Å². The Balaban J connectivity index is 1.35. The van der Waals surface area contributed by atoms with Crippen LogP contribution in [-0.2, 0) is 15.8 Å². The van der Waals surface area contributed by atoms with E-state index in [2.05, 4.69) is 18.9 Å². The fourth-order valence-electron chi connectivity index (χ4n) is 4.40. The molecule has 0 spiro atoms. The Morgan fingerprint density at radius 1 is 1.09 bits per heavy atom. The van der Waals surface area contributed by atoms with E-state index in [-0.39, 0.29) is 17.7 Å². The third-order valence-corrected chi connectivity index (χ3v) is 8.26. The Morgan fingerprint density at radius 3 is 2.42 bits per heavy atom. The van der Waals surface area contributed by atoms with Crippen molar-refractivity contribution in [2.24, 2.45) is 0 Å². The van der Waals surface area contributed by atoms with Crippen molar-refractivity contribution in [3.8, 4) is 0 Å². The molecule has 2 fully saturated rings. The molecule has 5 rings (SSSR count). The topological polar surface area (TPSA) is 88.4 Å². The van der Waals surface area contributed by atoms with Gasteiger partial charge in [-0.2, -0.15) is 9.40 Å². The summed E-state index contributed by atoms with van der Waals surface area (Å²) in [5, 5.41) is 5.25. The molecule has 174 valence electrons. The van der Waals surface area contributed by atoms with Crippen molar-refractivity contribution in [2.75, 3.05) is 26.2 Å². The average Bonchev–Trinajstić information content (AvgIpc) is 3.57. The van der Waals surface area contributed by atoms with Gasteiger partial charge < -0.3 is 4.90 Å². The minimum absolute atomic E-state index is 0.0219. The van der Waals surface area contributed by atoms with Gasteiger partial charge in [0.2, 0.25) is 10.0 Å². The van der Waals surface area contributed by atoms with E-state index in [1.54, 1.807) is 11.1 Å². The molecular formula is C24H29N5O3S. The molecule has 2 aromatic heterocycles. The first-order valence-corrected chi connectivity index (χ1v) is 13.1. The maximum atomic E-state index is 13.5. The number of amides is 1. The molecule has 1 aliphatic heterocycles. The minimum atomic E-state index is -3.43. The molecule has 8 nitrogen and oxygen atoms in total. The van der Waals surface area contributed by atoms with Crippen molar-refractivity contribution in [3.63, 3.8) is 0 Å². The van der Waals surface area contributed by atoms with Crippen molar-refractivity contribution in [1.82, 2.24) is 24.0 Å². The lowest BCUT2D eigenvalue weighted by Gasteiger charge is -2.34. The zero-order valence-corrected chi connectivity index (χ0v) is 19.8. The highest BCUT2D eigenvalue weighted by atomic mass is 32.2. The van der Waals surface area contributed by atoms with Crippen LogP contribution >= 0.6 is 0 Å². The van der Waals surface area contributed by atoms with Gasteiger partial charge in [-0.15, -0.1) is 0 Å². The van der Waals surface area contributed by atoms with Crippen LogP contribution in [-0.4, -0.2) is 64.5 Å². The van der Waals surface area contributed by atoms with Gasteiger partial charge in [-0.05, 0) is 38.3 Å². The van der Waals surface area contributed by atoms with Gasteiger partial charge in [-0.1, -0.05) is 30.3 Å². The van der Waals surface area contributed by atoms with Gasteiger partial charge >= 0.3 is 0 Å². The zero-order valence-electron chi connectivity index (χ0n) is 19.0. The molecule has 0 bridgehead atoms. The second kappa shape index (κ2) is 8.53. The van der Waals surface area contributed by atoms with Crippen molar-refractivity contribution in [2.45, 2.75) is 44.4 Å². The summed E-state index contributed by atoms with van der Waals surface area (Å²) in [4.78, 5) is 20.1. The predicted octanol–water partition coefficient (Wildman–Crippen LogP) is 3.18. The van der Waals surface area contributed by atoms with E-state index in [0.29, 0.717) is 37.7 Å². The molecular weight excluding hydrogens is 438 g/mol. The number of aromatic nitrogens is 3. The predicted molar refractivity (Wildman–Crippen MR) is 126 cm³/mol. The normalized spacial score (nSPS) is 17.7. The number of piperazine rings is 1. The van der Waals surface area contributed by atoms with Gasteiger partial charge in [0.15, 0.2) is 5.65 Å². The molecule has 2 aliphatic rings. The fourth-order valence-corrected chi connectivity index (χ4v) is 5.91. The van der Waals surface area contributed by atoms with Gasteiger partial charge in [0.1, 0.15) is 0 Å². The van der Waals surface area contributed by atoms with Crippen LogP contribution in [0.5, 0.6) is 0 Å². The van der Waals surface area contributed by atoms with Crippen molar-refractivity contribution >= 4 is 27.0 Å². The SMILES string of the molecule is CC(C)n1ncc2c(C(=O)N3CCN(S(=O)(=O)Cc4ccccc4)CC3)cc(C3CC3)nc21. The number of carbonyl (C=O) groups excluding carboxylic acids is 1. The first kappa shape index (κ1) is 22.0. The molecule has 9 heteroatoms. The fraction of sp³-hybridized carbons (Fsp3) is 0.458. The Hall–Kier alpha value is -2.78.